The fourth-order valence-corrected chi connectivity index (χ4v) is 3.10. The molecule has 0 saturated heterocycles. The number of carbonyl (C=O) groups excluding carboxylic acids is 1. The molecule has 0 fully saturated rings. The van der Waals surface area contributed by atoms with Crippen LogP contribution in [-0.4, -0.2) is 5.78 Å². The molecule has 0 aromatic heterocycles. The van der Waals surface area contributed by atoms with E-state index in [1.165, 1.54) is 5.56 Å². The number of rotatable bonds is 4. The number of hydrogen-bond donors (Lipinski definition) is 0. The molecule has 0 radical (unpaired) electrons. The summed E-state index contributed by atoms with van der Waals surface area (Å²) in [7, 11) is 0. The number of hydrogen-bond acceptors (Lipinski definition) is 1. The van der Waals surface area contributed by atoms with Gasteiger partial charge in [-0.15, -0.1) is 0 Å². The van der Waals surface area contributed by atoms with Gasteiger partial charge in [0.15, 0.2) is 5.78 Å². The van der Waals surface area contributed by atoms with Crippen molar-refractivity contribution in [3.05, 3.63) is 66.7 Å². The third-order valence-corrected chi connectivity index (χ3v) is 4.74. The second kappa shape index (κ2) is 6.85. The van der Waals surface area contributed by atoms with Gasteiger partial charge in [0.2, 0.25) is 0 Å². The summed E-state index contributed by atoms with van der Waals surface area (Å²) >= 11 is 5.72. The van der Waals surface area contributed by atoms with Gasteiger partial charge in [0.05, 0.1) is 0 Å². The normalized spacial score (nSPS) is 10.6. The van der Waals surface area contributed by atoms with Crippen LogP contribution in [0.1, 0.15) is 40.9 Å². The average Bonchev–Trinajstić information content (AvgIpc) is 2.48. The van der Waals surface area contributed by atoms with Gasteiger partial charge < -0.3 is 0 Å². The smallest absolute Gasteiger partial charge is 0.194 e. The largest absolute Gasteiger partial charge is 0.289 e. The molecule has 0 aliphatic rings. The summed E-state index contributed by atoms with van der Waals surface area (Å²) in [5, 5.41) is 0. The number of aryl methyl sites for hydroxylation is 2. The molecule has 0 amide bonds. The van der Waals surface area contributed by atoms with Crippen LogP contribution in [0.25, 0.3) is 0 Å². The van der Waals surface area contributed by atoms with E-state index in [2.05, 4.69) is 64.5 Å². The molecule has 104 valence electrons. The van der Waals surface area contributed by atoms with E-state index in [-0.39, 0.29) is 5.78 Å². The molecule has 1 nitrogen and oxygen atoms in total. The minimum Gasteiger partial charge on any atom is -0.289 e. The Morgan fingerprint density at radius 3 is 2.45 bits per heavy atom. The van der Waals surface area contributed by atoms with Crippen molar-refractivity contribution in [1.29, 1.82) is 0 Å². The Bertz CT molecular complexity index is 649. The quantitative estimate of drug-likeness (QED) is 0.457. The number of ketones is 1. The van der Waals surface area contributed by atoms with Crippen LogP contribution in [0.5, 0.6) is 0 Å². The summed E-state index contributed by atoms with van der Waals surface area (Å²) < 4.78 is 1.92. The first kappa shape index (κ1) is 15.7. The number of benzene rings is 2. The fraction of sp³-hybridized carbons (Fsp3) is 0.235. The molecule has 2 aromatic rings. The maximum atomic E-state index is 12.8. The Labute approximate surface area is 142 Å². The van der Waals surface area contributed by atoms with Crippen molar-refractivity contribution < 1.29 is 4.79 Å². The maximum absolute atomic E-state index is 12.8. The first-order valence-electron chi connectivity index (χ1n) is 6.68. The molecule has 0 spiro atoms. The van der Waals surface area contributed by atoms with Gasteiger partial charge in [0.25, 0.3) is 0 Å². The van der Waals surface area contributed by atoms with Crippen LogP contribution in [0.3, 0.4) is 0 Å². The maximum Gasteiger partial charge on any atom is 0.194 e. The fourth-order valence-electron chi connectivity index (χ4n) is 2.18. The van der Waals surface area contributed by atoms with Gasteiger partial charge >= 0.3 is 0 Å². The summed E-state index contributed by atoms with van der Waals surface area (Å²) in [5.41, 5.74) is 3.87. The third-order valence-electron chi connectivity index (χ3n) is 3.38. The molecule has 3 heteroatoms. The molecule has 2 rings (SSSR count). The summed E-state index contributed by atoms with van der Waals surface area (Å²) in [6.07, 6.45) is 1.81. The highest BCUT2D eigenvalue weighted by molar-refractivity contribution is 14.1. The van der Waals surface area contributed by atoms with Crippen molar-refractivity contribution in [3.8, 4) is 0 Å². The second-order valence-corrected chi connectivity index (χ2v) is 6.75. The molecule has 0 aliphatic heterocycles. The molecule has 20 heavy (non-hydrogen) atoms. The van der Waals surface area contributed by atoms with Crippen LogP contribution in [0.15, 0.2) is 40.9 Å². The van der Waals surface area contributed by atoms with Crippen molar-refractivity contribution >= 4 is 44.3 Å². The van der Waals surface area contributed by atoms with Crippen LogP contribution in [0.2, 0.25) is 0 Å². The Balaban J connectivity index is 2.54. The minimum absolute atomic E-state index is 0.0996. The van der Waals surface area contributed by atoms with Crippen LogP contribution in [0, 0.1) is 3.57 Å². The van der Waals surface area contributed by atoms with E-state index in [4.69, 9.17) is 0 Å². The summed E-state index contributed by atoms with van der Waals surface area (Å²) in [6.45, 7) is 4.19. The highest BCUT2D eigenvalue weighted by atomic mass is 127. The van der Waals surface area contributed by atoms with E-state index in [0.29, 0.717) is 0 Å². The highest BCUT2D eigenvalue weighted by Gasteiger charge is 2.16. The summed E-state index contributed by atoms with van der Waals surface area (Å²) in [5.74, 6) is 0.0996. The van der Waals surface area contributed by atoms with E-state index >= 15 is 0 Å². The molecule has 0 aliphatic carbocycles. The molecular weight excluding hydrogens is 427 g/mol. The predicted molar refractivity (Wildman–Crippen MR) is 95.5 cm³/mol. The summed E-state index contributed by atoms with van der Waals surface area (Å²) in [4.78, 5) is 12.8. The molecule has 0 heterocycles. The van der Waals surface area contributed by atoms with Crippen molar-refractivity contribution in [1.82, 2.24) is 0 Å². The minimum atomic E-state index is 0.0996. The van der Waals surface area contributed by atoms with Crippen molar-refractivity contribution in [2.75, 3.05) is 0 Å². The third kappa shape index (κ3) is 3.31. The lowest BCUT2D eigenvalue weighted by atomic mass is 9.94. The van der Waals surface area contributed by atoms with Crippen LogP contribution in [-0.2, 0) is 12.8 Å². The van der Waals surface area contributed by atoms with Gasteiger partial charge in [-0.2, -0.15) is 0 Å². The lowest BCUT2D eigenvalue weighted by Crippen LogP contribution is -2.07. The molecule has 0 unspecified atom stereocenters. The van der Waals surface area contributed by atoms with Crippen LogP contribution < -0.4 is 0 Å². The Morgan fingerprint density at radius 2 is 1.80 bits per heavy atom. The number of halogens is 2. The van der Waals surface area contributed by atoms with E-state index in [9.17, 15) is 4.79 Å². The topological polar surface area (TPSA) is 17.1 Å². The Kier molecular flexibility index (Phi) is 5.38. The Hall–Kier alpha value is -0.680. The van der Waals surface area contributed by atoms with Gasteiger partial charge in [-0.3, -0.25) is 4.79 Å². The van der Waals surface area contributed by atoms with Crippen molar-refractivity contribution in [3.63, 3.8) is 0 Å². The summed E-state index contributed by atoms with van der Waals surface area (Å²) in [6, 6.07) is 12.1. The van der Waals surface area contributed by atoms with E-state index in [1.807, 2.05) is 24.3 Å². The first-order valence-corrected chi connectivity index (χ1v) is 8.55. The monoisotopic (exact) mass is 442 g/mol. The van der Waals surface area contributed by atoms with Gasteiger partial charge in [0, 0.05) is 19.2 Å². The lowest BCUT2D eigenvalue weighted by Gasteiger charge is -2.11. The zero-order chi connectivity index (χ0) is 14.7. The van der Waals surface area contributed by atoms with Crippen LogP contribution >= 0.6 is 38.5 Å². The lowest BCUT2D eigenvalue weighted by molar-refractivity contribution is 0.103. The molecule has 0 atom stereocenters. The second-order valence-electron chi connectivity index (χ2n) is 4.65. The van der Waals surface area contributed by atoms with E-state index in [1.54, 1.807) is 0 Å². The molecule has 0 N–H and O–H groups in total. The zero-order valence-electron chi connectivity index (χ0n) is 11.5. The van der Waals surface area contributed by atoms with Crippen molar-refractivity contribution in [2.24, 2.45) is 0 Å². The SMILES string of the molecule is CCc1ccc(CC)c(C(=O)c2cc(I)ccc2Br)c1. The zero-order valence-corrected chi connectivity index (χ0v) is 15.3. The first-order chi connectivity index (χ1) is 9.56. The van der Waals surface area contributed by atoms with Crippen molar-refractivity contribution in [2.45, 2.75) is 26.7 Å². The molecular formula is C17H16BrIO. The molecule has 2 aromatic carbocycles. The number of carbonyl (C=O) groups is 1. The average molecular weight is 443 g/mol. The van der Waals surface area contributed by atoms with Crippen LogP contribution in [0.4, 0.5) is 0 Å². The van der Waals surface area contributed by atoms with Gasteiger partial charge in [-0.1, -0.05) is 41.9 Å². The van der Waals surface area contributed by atoms with Gasteiger partial charge in [0.1, 0.15) is 0 Å². The predicted octanol–water partition coefficient (Wildman–Crippen LogP) is 5.41. The Morgan fingerprint density at radius 1 is 1.05 bits per heavy atom. The van der Waals surface area contributed by atoms with E-state index < -0.39 is 0 Å². The van der Waals surface area contributed by atoms with E-state index in [0.717, 1.165) is 37.6 Å². The highest BCUT2D eigenvalue weighted by Crippen LogP contribution is 2.25. The molecule has 0 bridgehead atoms. The standard InChI is InChI=1S/C17H16BrIO/c1-3-11-5-6-12(4-2)14(9-11)17(20)15-10-13(19)7-8-16(15)18/h5-10H,3-4H2,1-2H3. The molecule has 0 saturated carbocycles. The van der Waals surface area contributed by atoms with Gasteiger partial charge in [-0.25, -0.2) is 0 Å². The van der Waals surface area contributed by atoms with Gasteiger partial charge in [-0.05, 0) is 70.8 Å².